The van der Waals surface area contributed by atoms with Crippen LogP contribution >= 0.6 is 11.8 Å². The van der Waals surface area contributed by atoms with Crippen molar-refractivity contribution in [3.63, 3.8) is 0 Å². The van der Waals surface area contributed by atoms with Gasteiger partial charge < -0.3 is 5.73 Å². The lowest BCUT2D eigenvalue weighted by Crippen LogP contribution is -2.20. The van der Waals surface area contributed by atoms with Crippen molar-refractivity contribution in [3.8, 4) is 0 Å². The highest BCUT2D eigenvalue weighted by Crippen LogP contribution is 2.21. The lowest BCUT2D eigenvalue weighted by atomic mass is 9.94. The number of hydrogen-bond donors (Lipinski definition) is 1. The van der Waals surface area contributed by atoms with Crippen LogP contribution in [0.15, 0.2) is 11.6 Å². The number of hydrogen-bond acceptors (Lipinski definition) is 2. The van der Waals surface area contributed by atoms with Crippen molar-refractivity contribution in [1.29, 1.82) is 0 Å². The van der Waals surface area contributed by atoms with Gasteiger partial charge in [-0.15, -0.1) is 0 Å². The summed E-state index contributed by atoms with van der Waals surface area (Å²) in [4.78, 5) is 0. The summed E-state index contributed by atoms with van der Waals surface area (Å²) in [6, 6.07) is 0.350. The first kappa shape index (κ1) is 11.1. The SMILES string of the molecule is CCSCCCC1=CC(N)CCC1. The Hall–Kier alpha value is 0.0500. The standard InChI is InChI=1S/C11H21NS/c1-2-13-8-4-6-10-5-3-7-11(12)9-10/h9,11H,2-8,12H2,1H3. The molecule has 0 radical (unpaired) electrons. The van der Waals surface area contributed by atoms with Crippen LogP contribution in [0, 0.1) is 0 Å². The molecular weight excluding hydrogens is 178 g/mol. The van der Waals surface area contributed by atoms with Gasteiger partial charge in [0.05, 0.1) is 0 Å². The van der Waals surface area contributed by atoms with Gasteiger partial charge in [-0.05, 0) is 43.6 Å². The topological polar surface area (TPSA) is 26.0 Å². The van der Waals surface area contributed by atoms with Crippen molar-refractivity contribution < 1.29 is 0 Å². The average Bonchev–Trinajstić information content (AvgIpc) is 2.13. The van der Waals surface area contributed by atoms with Crippen LogP contribution in [0.2, 0.25) is 0 Å². The van der Waals surface area contributed by atoms with Gasteiger partial charge in [0.2, 0.25) is 0 Å². The summed E-state index contributed by atoms with van der Waals surface area (Å²) in [6.45, 7) is 2.22. The van der Waals surface area contributed by atoms with Crippen LogP contribution in [0.25, 0.3) is 0 Å². The summed E-state index contributed by atoms with van der Waals surface area (Å²) < 4.78 is 0. The van der Waals surface area contributed by atoms with Gasteiger partial charge >= 0.3 is 0 Å². The van der Waals surface area contributed by atoms with Crippen LogP contribution < -0.4 is 5.73 Å². The van der Waals surface area contributed by atoms with E-state index in [1.165, 1.54) is 43.6 Å². The summed E-state index contributed by atoms with van der Waals surface area (Å²) >= 11 is 2.04. The molecule has 0 saturated heterocycles. The van der Waals surface area contributed by atoms with Crippen LogP contribution in [-0.4, -0.2) is 17.5 Å². The Kier molecular flexibility index (Phi) is 5.56. The Balaban J connectivity index is 2.13. The summed E-state index contributed by atoms with van der Waals surface area (Å²) in [5.41, 5.74) is 7.48. The fourth-order valence-corrected chi connectivity index (χ4v) is 2.43. The summed E-state index contributed by atoms with van der Waals surface area (Å²) in [6.07, 6.45) is 8.68. The molecule has 1 aliphatic rings. The van der Waals surface area contributed by atoms with Gasteiger partial charge in [0.15, 0.2) is 0 Å². The van der Waals surface area contributed by atoms with E-state index in [0.29, 0.717) is 6.04 Å². The number of thioether (sulfide) groups is 1. The number of allylic oxidation sites excluding steroid dienone is 1. The quantitative estimate of drug-likeness (QED) is 0.544. The van der Waals surface area contributed by atoms with E-state index in [1.807, 2.05) is 11.8 Å². The minimum Gasteiger partial charge on any atom is -0.324 e. The molecule has 0 spiro atoms. The van der Waals surface area contributed by atoms with E-state index in [9.17, 15) is 0 Å². The third-order valence-corrected chi connectivity index (χ3v) is 3.46. The third kappa shape index (κ3) is 4.72. The van der Waals surface area contributed by atoms with Crippen molar-refractivity contribution in [2.24, 2.45) is 5.73 Å². The second-order valence-electron chi connectivity index (χ2n) is 3.68. The molecule has 1 rings (SSSR count). The molecule has 0 saturated carbocycles. The first-order valence-corrected chi connectivity index (χ1v) is 6.51. The van der Waals surface area contributed by atoms with E-state index in [2.05, 4.69) is 13.0 Å². The molecule has 2 N–H and O–H groups in total. The Morgan fingerprint density at radius 3 is 3.15 bits per heavy atom. The van der Waals surface area contributed by atoms with Crippen molar-refractivity contribution in [2.45, 2.75) is 45.1 Å². The first-order valence-electron chi connectivity index (χ1n) is 5.36. The van der Waals surface area contributed by atoms with Gasteiger partial charge in [-0.2, -0.15) is 11.8 Å². The largest absolute Gasteiger partial charge is 0.324 e. The Morgan fingerprint density at radius 2 is 2.46 bits per heavy atom. The van der Waals surface area contributed by atoms with E-state index in [0.717, 1.165) is 0 Å². The molecule has 0 aromatic carbocycles. The lowest BCUT2D eigenvalue weighted by molar-refractivity contribution is 0.607. The van der Waals surface area contributed by atoms with Crippen LogP contribution in [0.4, 0.5) is 0 Å². The van der Waals surface area contributed by atoms with Crippen molar-refractivity contribution >= 4 is 11.8 Å². The predicted molar refractivity (Wildman–Crippen MR) is 62.1 cm³/mol. The fourth-order valence-electron chi connectivity index (χ4n) is 1.79. The molecule has 1 aliphatic carbocycles. The highest BCUT2D eigenvalue weighted by Gasteiger charge is 2.08. The van der Waals surface area contributed by atoms with Crippen molar-refractivity contribution in [2.75, 3.05) is 11.5 Å². The molecule has 1 atom stereocenters. The van der Waals surface area contributed by atoms with Gasteiger partial charge in [0.1, 0.15) is 0 Å². The maximum Gasteiger partial charge on any atom is 0.0226 e. The van der Waals surface area contributed by atoms with Gasteiger partial charge in [-0.1, -0.05) is 18.6 Å². The monoisotopic (exact) mass is 199 g/mol. The molecular formula is C11H21NS. The second kappa shape index (κ2) is 6.50. The van der Waals surface area contributed by atoms with Crippen LogP contribution in [0.5, 0.6) is 0 Å². The Bertz CT molecular complexity index is 165. The van der Waals surface area contributed by atoms with E-state index in [-0.39, 0.29) is 0 Å². The molecule has 1 nitrogen and oxygen atoms in total. The molecule has 0 aliphatic heterocycles. The molecule has 0 fully saturated rings. The Morgan fingerprint density at radius 1 is 1.62 bits per heavy atom. The zero-order valence-electron chi connectivity index (χ0n) is 8.59. The molecule has 0 amide bonds. The smallest absolute Gasteiger partial charge is 0.0226 e. The number of rotatable bonds is 5. The minimum absolute atomic E-state index is 0.350. The van der Waals surface area contributed by atoms with E-state index < -0.39 is 0 Å². The third-order valence-electron chi connectivity index (χ3n) is 2.48. The zero-order valence-corrected chi connectivity index (χ0v) is 9.41. The molecule has 1 unspecified atom stereocenters. The zero-order chi connectivity index (χ0) is 9.52. The predicted octanol–water partition coefficient (Wildman–Crippen LogP) is 2.96. The number of nitrogens with two attached hydrogens (primary N) is 1. The van der Waals surface area contributed by atoms with E-state index in [4.69, 9.17) is 5.73 Å². The minimum atomic E-state index is 0.350. The molecule has 0 aromatic rings. The Labute approximate surface area is 86.2 Å². The van der Waals surface area contributed by atoms with Gasteiger partial charge in [-0.25, -0.2) is 0 Å². The molecule has 2 heteroatoms. The van der Waals surface area contributed by atoms with Gasteiger partial charge in [-0.3, -0.25) is 0 Å². The van der Waals surface area contributed by atoms with Gasteiger partial charge in [0.25, 0.3) is 0 Å². The molecule has 0 heterocycles. The molecule has 76 valence electrons. The normalized spacial score (nSPS) is 22.9. The van der Waals surface area contributed by atoms with Crippen LogP contribution in [-0.2, 0) is 0 Å². The second-order valence-corrected chi connectivity index (χ2v) is 5.08. The van der Waals surface area contributed by atoms with E-state index in [1.54, 1.807) is 5.57 Å². The molecule has 0 aromatic heterocycles. The van der Waals surface area contributed by atoms with Crippen LogP contribution in [0.1, 0.15) is 39.0 Å². The summed E-state index contributed by atoms with van der Waals surface area (Å²) in [7, 11) is 0. The van der Waals surface area contributed by atoms with Crippen molar-refractivity contribution in [3.05, 3.63) is 11.6 Å². The molecule has 0 bridgehead atoms. The summed E-state index contributed by atoms with van der Waals surface area (Å²) in [5.74, 6) is 2.56. The summed E-state index contributed by atoms with van der Waals surface area (Å²) in [5, 5.41) is 0. The lowest BCUT2D eigenvalue weighted by Gasteiger charge is -2.17. The average molecular weight is 199 g/mol. The molecule has 13 heavy (non-hydrogen) atoms. The van der Waals surface area contributed by atoms with Crippen LogP contribution in [0.3, 0.4) is 0 Å². The highest BCUT2D eigenvalue weighted by molar-refractivity contribution is 7.99. The maximum atomic E-state index is 5.87. The van der Waals surface area contributed by atoms with Gasteiger partial charge in [0, 0.05) is 6.04 Å². The fraction of sp³-hybridized carbons (Fsp3) is 0.818. The maximum absolute atomic E-state index is 5.87. The first-order chi connectivity index (χ1) is 6.33. The van der Waals surface area contributed by atoms with E-state index >= 15 is 0 Å². The van der Waals surface area contributed by atoms with Crippen molar-refractivity contribution in [1.82, 2.24) is 0 Å². The highest BCUT2D eigenvalue weighted by atomic mass is 32.2.